The van der Waals surface area contributed by atoms with Crippen LogP contribution in [0.5, 0.6) is 17.4 Å². The number of carbonyl (C=O) groups excluding carboxylic acids is 3. The van der Waals surface area contributed by atoms with Gasteiger partial charge >= 0.3 is 0 Å². The van der Waals surface area contributed by atoms with Crippen LogP contribution in [0, 0.1) is 12.8 Å². The summed E-state index contributed by atoms with van der Waals surface area (Å²) < 4.78 is 17.6. The summed E-state index contributed by atoms with van der Waals surface area (Å²) >= 11 is 1.58. The van der Waals surface area contributed by atoms with Crippen molar-refractivity contribution in [1.82, 2.24) is 45.7 Å². The summed E-state index contributed by atoms with van der Waals surface area (Å²) in [6.07, 6.45) is -0.0738. The first-order chi connectivity index (χ1) is 34.3. The Kier molecular flexibility index (Phi) is 16.6. The fourth-order valence-electron chi connectivity index (χ4n) is 8.94. The van der Waals surface area contributed by atoms with E-state index in [1.807, 2.05) is 81.7 Å². The third-order valence-electron chi connectivity index (χ3n) is 13.0. The van der Waals surface area contributed by atoms with Crippen molar-refractivity contribution in [3.8, 4) is 39.1 Å². The summed E-state index contributed by atoms with van der Waals surface area (Å²) in [5, 5.41) is 39.2. The molecule has 71 heavy (non-hydrogen) atoms. The highest BCUT2D eigenvalue weighted by Crippen LogP contribution is 2.34. The van der Waals surface area contributed by atoms with Crippen LogP contribution in [0.25, 0.3) is 21.7 Å². The number of phenols is 1. The molecule has 18 nitrogen and oxygen atoms in total. The van der Waals surface area contributed by atoms with Crippen molar-refractivity contribution in [2.45, 2.75) is 71.2 Å². The number of rotatable bonds is 20. The summed E-state index contributed by atoms with van der Waals surface area (Å²) in [4.78, 5) is 52.1. The van der Waals surface area contributed by atoms with E-state index >= 15 is 0 Å². The van der Waals surface area contributed by atoms with Gasteiger partial charge in [-0.25, -0.2) is 4.98 Å². The molecule has 3 aromatic carbocycles. The number of β-amino-alcohol motifs (C(OH)–C–C–N with tert-alkyl or cyclic N) is 1. The molecule has 5 heterocycles. The highest BCUT2D eigenvalue weighted by atomic mass is 32.1. The van der Waals surface area contributed by atoms with E-state index in [1.54, 1.807) is 47.7 Å². The van der Waals surface area contributed by atoms with Crippen LogP contribution >= 0.6 is 11.3 Å². The number of aromatic nitrogens is 4. The monoisotopic (exact) mass is 986 g/mol. The van der Waals surface area contributed by atoms with E-state index < -0.39 is 18.1 Å². The summed E-state index contributed by atoms with van der Waals surface area (Å²) in [6.45, 7) is 12.8. The molecule has 2 aliphatic heterocycles. The summed E-state index contributed by atoms with van der Waals surface area (Å²) in [5.41, 5.74) is 13.8. The smallest absolute Gasteiger partial charge is 0.254 e. The first-order valence-corrected chi connectivity index (χ1v) is 24.9. The number of hydrogen-bond acceptors (Lipinski definition) is 16. The number of nitrogen functional groups attached to an aromatic ring is 1. The molecule has 0 bridgehead atoms. The fourth-order valence-corrected chi connectivity index (χ4v) is 9.75. The maximum absolute atomic E-state index is 14.2. The molecule has 0 radical (unpaired) electrons. The Morgan fingerprint density at radius 2 is 1.65 bits per heavy atom. The third-order valence-corrected chi connectivity index (χ3v) is 14.0. The number of nitrogens with one attached hydrogen (secondary N) is 2. The van der Waals surface area contributed by atoms with Gasteiger partial charge < -0.3 is 45.5 Å². The minimum Gasteiger partial charge on any atom is -0.507 e. The number of phenolic OH excluding ortho intramolecular Hbond substituents is 1. The molecule has 0 aliphatic carbocycles. The van der Waals surface area contributed by atoms with Gasteiger partial charge in [0.1, 0.15) is 30.0 Å². The molecule has 19 heteroatoms. The lowest BCUT2D eigenvalue weighted by atomic mass is 9.91. The van der Waals surface area contributed by atoms with Gasteiger partial charge in [-0.15, -0.1) is 21.5 Å². The normalized spacial score (nSPS) is 17.2. The van der Waals surface area contributed by atoms with Crippen molar-refractivity contribution in [3.63, 3.8) is 0 Å². The first-order valence-electron chi connectivity index (χ1n) is 24.0. The number of anilines is 1. The van der Waals surface area contributed by atoms with E-state index in [0.29, 0.717) is 62.0 Å². The number of benzene rings is 3. The van der Waals surface area contributed by atoms with E-state index in [9.17, 15) is 24.6 Å². The Morgan fingerprint density at radius 3 is 2.37 bits per heavy atom. The molecule has 2 fully saturated rings. The van der Waals surface area contributed by atoms with Crippen LogP contribution in [0.15, 0.2) is 95.0 Å². The lowest BCUT2D eigenvalue weighted by Crippen LogP contribution is -2.50. The Balaban J connectivity index is 0.730. The van der Waals surface area contributed by atoms with Gasteiger partial charge in [-0.05, 0) is 59.3 Å². The van der Waals surface area contributed by atoms with Crippen molar-refractivity contribution in [2.24, 2.45) is 5.92 Å². The standard InChI is InChI=1S/C52H62N10O8S/c1-32(2)48(52(67)62-29-39(63)25-42(62)51(66)56-33(3)37-13-15-38(16-14-37)49-34(4)55-31-71-49)44-27-47(59-70-44)69-24-22-60-18-20-61(21-19-60)30-46(65)54-28-36-11-9-35(10-12-36)17-23-68-45-26-41(57-58-50(45)53)40-7-5-6-8-43(40)64/h5-16,26-27,31-33,39,42,48,63-64H,17-25,28-30H2,1-4H3,(H2,53,58)(H,54,65)(H,56,66)/t33-,39+,42-,48+/m0/s1. The van der Waals surface area contributed by atoms with Crippen LogP contribution < -0.4 is 25.8 Å². The minimum atomic E-state index is -0.843. The van der Waals surface area contributed by atoms with E-state index in [-0.39, 0.29) is 60.1 Å². The van der Waals surface area contributed by atoms with Gasteiger partial charge in [0.25, 0.3) is 5.88 Å². The zero-order valence-electron chi connectivity index (χ0n) is 40.5. The molecule has 2 aliphatic rings. The third kappa shape index (κ3) is 12.9. The first kappa shape index (κ1) is 50.5. The van der Waals surface area contributed by atoms with E-state index in [1.165, 1.54) is 4.90 Å². The number of hydrogen-bond donors (Lipinski definition) is 5. The number of amides is 3. The zero-order chi connectivity index (χ0) is 50.0. The number of likely N-dealkylation sites (tertiary alicyclic amines) is 1. The van der Waals surface area contributed by atoms with Crippen molar-refractivity contribution >= 4 is 34.9 Å². The van der Waals surface area contributed by atoms with Crippen LogP contribution in [-0.2, 0) is 27.3 Å². The summed E-state index contributed by atoms with van der Waals surface area (Å²) in [7, 11) is 0. The van der Waals surface area contributed by atoms with Crippen LogP contribution in [0.2, 0.25) is 0 Å². The SMILES string of the molecule is Cc1ncsc1-c1ccc([C@H](C)NC(=O)[C@@H]2C[C@@H](O)CN2C(=O)[C@@H](c2cc(OCCN3CCN(CC(=O)NCc4ccc(CCOc5cc(-c6ccccc6O)nnc5N)cc4)CC3)no2)C(C)C)cc1. The van der Waals surface area contributed by atoms with Gasteiger partial charge in [-0.1, -0.05) is 74.5 Å². The Morgan fingerprint density at radius 1 is 0.915 bits per heavy atom. The molecule has 0 unspecified atom stereocenters. The maximum atomic E-state index is 14.2. The molecular formula is C52H62N10O8S. The van der Waals surface area contributed by atoms with Gasteiger partial charge in [0.15, 0.2) is 17.3 Å². The van der Waals surface area contributed by atoms with Crippen molar-refractivity contribution in [1.29, 1.82) is 0 Å². The van der Waals surface area contributed by atoms with Crippen LogP contribution in [-0.4, -0.2) is 134 Å². The lowest BCUT2D eigenvalue weighted by Gasteiger charge is -2.34. The lowest BCUT2D eigenvalue weighted by molar-refractivity contribution is -0.141. The van der Waals surface area contributed by atoms with Crippen molar-refractivity contribution in [3.05, 3.63) is 119 Å². The number of piperazine rings is 1. The number of carbonyl (C=O) groups is 3. The highest BCUT2D eigenvalue weighted by molar-refractivity contribution is 7.13. The highest BCUT2D eigenvalue weighted by Gasteiger charge is 2.43. The van der Waals surface area contributed by atoms with Gasteiger partial charge in [0.05, 0.1) is 41.4 Å². The number of para-hydroxylation sites is 1. The number of thiazole rings is 1. The van der Waals surface area contributed by atoms with Crippen molar-refractivity contribution < 1.29 is 38.6 Å². The average molecular weight is 987 g/mol. The molecule has 0 spiro atoms. The second-order valence-electron chi connectivity index (χ2n) is 18.5. The molecule has 2 saturated heterocycles. The number of aliphatic hydroxyl groups excluding tert-OH is 1. The quantitative estimate of drug-likeness (QED) is 0.0648. The van der Waals surface area contributed by atoms with Crippen LogP contribution in [0.4, 0.5) is 5.82 Å². The Labute approximate surface area is 417 Å². The topological polar surface area (TPSA) is 235 Å². The molecule has 8 rings (SSSR count). The number of ether oxygens (including phenoxy) is 2. The average Bonchev–Trinajstić information content (AvgIpc) is 4.12. The van der Waals surface area contributed by atoms with E-state index in [2.05, 4.69) is 40.8 Å². The predicted molar refractivity (Wildman–Crippen MR) is 268 cm³/mol. The Bertz CT molecular complexity index is 2740. The molecule has 0 saturated carbocycles. The molecule has 3 amide bonds. The van der Waals surface area contributed by atoms with Gasteiger partial charge in [0, 0.05) is 76.4 Å². The molecule has 4 atom stereocenters. The molecule has 6 aromatic rings. The number of aryl methyl sites for hydroxylation is 1. The predicted octanol–water partition coefficient (Wildman–Crippen LogP) is 5.36. The van der Waals surface area contributed by atoms with Gasteiger partial charge in [-0.2, -0.15) is 0 Å². The van der Waals surface area contributed by atoms with Crippen LogP contribution in [0.1, 0.15) is 67.3 Å². The minimum absolute atomic E-state index is 0.0382. The Hall–Kier alpha value is -6.93. The molecule has 6 N–H and O–H groups in total. The molecule has 374 valence electrons. The maximum Gasteiger partial charge on any atom is 0.254 e. The summed E-state index contributed by atoms with van der Waals surface area (Å²) in [5.74, 6) is -0.359. The molecular weight excluding hydrogens is 925 g/mol. The second-order valence-corrected chi connectivity index (χ2v) is 19.3. The largest absolute Gasteiger partial charge is 0.507 e. The van der Waals surface area contributed by atoms with Gasteiger partial charge in [0.2, 0.25) is 17.7 Å². The van der Waals surface area contributed by atoms with Gasteiger partial charge in [-0.3, -0.25) is 24.2 Å². The van der Waals surface area contributed by atoms with E-state index in [0.717, 1.165) is 59.0 Å². The van der Waals surface area contributed by atoms with Crippen LogP contribution in [0.3, 0.4) is 0 Å². The van der Waals surface area contributed by atoms with E-state index in [4.69, 9.17) is 19.7 Å². The molecule has 3 aromatic heterocycles. The second kappa shape index (κ2) is 23.3. The number of nitrogens with two attached hydrogens (primary N) is 1. The number of aliphatic hydroxyl groups is 1. The van der Waals surface area contributed by atoms with Crippen molar-refractivity contribution in [2.75, 3.05) is 64.8 Å². The zero-order valence-corrected chi connectivity index (χ0v) is 41.3. The fraction of sp³-hybridized carbons (Fsp3) is 0.404. The number of nitrogens with zero attached hydrogens (tertiary/aromatic N) is 7. The number of aromatic hydroxyl groups is 1. The summed E-state index contributed by atoms with van der Waals surface area (Å²) in [6, 6.07) is 25.0.